The molecule has 7 nitrogen and oxygen atoms in total. The number of carbonyl (C=O) groups excluding carboxylic acids is 2. The summed E-state index contributed by atoms with van der Waals surface area (Å²) in [6, 6.07) is 12.5. The summed E-state index contributed by atoms with van der Waals surface area (Å²) in [6.07, 6.45) is 0.927. The molecule has 28 heavy (non-hydrogen) atoms. The number of ether oxygens (including phenoxy) is 1. The first-order valence-corrected chi connectivity index (χ1v) is 9.62. The molecule has 4 rings (SSSR count). The second kappa shape index (κ2) is 7.69. The molecular weight excluding hydrogens is 376 g/mol. The number of amides is 2. The van der Waals surface area contributed by atoms with Crippen molar-refractivity contribution < 1.29 is 14.3 Å². The Hall–Kier alpha value is -3.39. The molecule has 0 saturated heterocycles. The van der Waals surface area contributed by atoms with Gasteiger partial charge in [-0.1, -0.05) is 12.1 Å². The lowest BCUT2D eigenvalue weighted by atomic mass is 10.1. The Labute approximate surface area is 165 Å². The maximum Gasteiger partial charge on any atom is 0.251 e. The molecule has 0 bridgehead atoms. The Kier molecular flexibility index (Phi) is 4.94. The maximum absolute atomic E-state index is 12.1. The van der Waals surface area contributed by atoms with E-state index in [1.807, 2.05) is 23.6 Å². The summed E-state index contributed by atoms with van der Waals surface area (Å²) < 4.78 is 5.59. The third-order valence-electron chi connectivity index (χ3n) is 4.32. The summed E-state index contributed by atoms with van der Waals surface area (Å²) in [6.45, 7) is 0.560. The number of hydrogen-bond donors (Lipinski definition) is 3. The summed E-state index contributed by atoms with van der Waals surface area (Å²) in [7, 11) is 0. The van der Waals surface area contributed by atoms with E-state index in [-0.39, 0.29) is 18.4 Å². The molecule has 0 spiro atoms. The fourth-order valence-electron chi connectivity index (χ4n) is 2.85. The van der Waals surface area contributed by atoms with E-state index in [2.05, 4.69) is 15.6 Å². The summed E-state index contributed by atoms with van der Waals surface area (Å²) in [5.41, 5.74) is 9.52. The second-order valence-electron chi connectivity index (χ2n) is 6.31. The van der Waals surface area contributed by atoms with Crippen LogP contribution in [0.5, 0.6) is 5.75 Å². The predicted molar refractivity (Wildman–Crippen MR) is 109 cm³/mol. The van der Waals surface area contributed by atoms with Crippen LogP contribution in [0, 0.1) is 0 Å². The van der Waals surface area contributed by atoms with Crippen molar-refractivity contribution in [3.63, 3.8) is 0 Å². The summed E-state index contributed by atoms with van der Waals surface area (Å²) in [4.78, 5) is 28.6. The number of benzene rings is 2. The third kappa shape index (κ3) is 3.96. The standard InChI is InChI=1S/C20H18N4O3S/c21-15-5-3-13(4-6-15)19(26)22-10-18(25)24-20-23-16(11-28-20)14-2-1-12-7-8-27-17(12)9-14/h1-6,9,11H,7-8,10,21H2,(H,22,26)(H,23,24,25). The van der Waals surface area contributed by atoms with Gasteiger partial charge in [0.1, 0.15) is 5.75 Å². The van der Waals surface area contributed by atoms with Gasteiger partial charge in [-0.05, 0) is 35.9 Å². The SMILES string of the molecule is Nc1ccc(C(=O)NCC(=O)Nc2nc(-c3ccc4c(c3)OCC4)cs2)cc1. The van der Waals surface area contributed by atoms with Gasteiger partial charge in [-0.25, -0.2) is 4.98 Å². The maximum atomic E-state index is 12.1. The largest absolute Gasteiger partial charge is 0.493 e. The number of anilines is 2. The van der Waals surface area contributed by atoms with Gasteiger partial charge in [-0.15, -0.1) is 11.3 Å². The topological polar surface area (TPSA) is 106 Å². The molecule has 3 aromatic rings. The van der Waals surface area contributed by atoms with Crippen LogP contribution in [-0.2, 0) is 11.2 Å². The third-order valence-corrected chi connectivity index (χ3v) is 5.08. The average molecular weight is 394 g/mol. The number of carbonyl (C=O) groups is 2. The van der Waals surface area contributed by atoms with Crippen molar-refractivity contribution in [3.8, 4) is 17.0 Å². The van der Waals surface area contributed by atoms with Crippen LogP contribution in [0.1, 0.15) is 15.9 Å². The molecule has 1 aliphatic rings. The first kappa shape index (κ1) is 18.0. The lowest BCUT2D eigenvalue weighted by Gasteiger charge is -2.05. The highest BCUT2D eigenvalue weighted by Crippen LogP contribution is 2.32. The van der Waals surface area contributed by atoms with Crippen molar-refractivity contribution in [1.29, 1.82) is 0 Å². The Morgan fingerprint density at radius 1 is 1.18 bits per heavy atom. The van der Waals surface area contributed by atoms with Crippen LogP contribution in [0.2, 0.25) is 0 Å². The summed E-state index contributed by atoms with van der Waals surface area (Å²) in [5.74, 6) is 0.205. The molecule has 2 amide bonds. The summed E-state index contributed by atoms with van der Waals surface area (Å²) in [5, 5.41) is 7.63. The van der Waals surface area contributed by atoms with Crippen LogP contribution in [0.25, 0.3) is 11.3 Å². The highest BCUT2D eigenvalue weighted by molar-refractivity contribution is 7.14. The molecule has 1 aromatic heterocycles. The number of nitrogens with zero attached hydrogens (tertiary/aromatic N) is 1. The van der Waals surface area contributed by atoms with Crippen LogP contribution in [0.4, 0.5) is 10.8 Å². The molecule has 1 aliphatic heterocycles. The molecule has 0 atom stereocenters. The molecule has 0 radical (unpaired) electrons. The molecule has 0 saturated carbocycles. The van der Waals surface area contributed by atoms with Gasteiger partial charge in [0, 0.05) is 28.6 Å². The number of thiazole rings is 1. The quantitative estimate of drug-likeness (QED) is 0.577. The van der Waals surface area contributed by atoms with Gasteiger partial charge >= 0.3 is 0 Å². The van der Waals surface area contributed by atoms with E-state index in [1.54, 1.807) is 24.3 Å². The average Bonchev–Trinajstić information content (AvgIpc) is 3.35. The number of nitrogens with two attached hydrogens (primary N) is 1. The van der Waals surface area contributed by atoms with Crippen molar-refractivity contribution >= 4 is 34.0 Å². The Morgan fingerprint density at radius 3 is 2.82 bits per heavy atom. The van der Waals surface area contributed by atoms with Crippen molar-refractivity contribution in [2.45, 2.75) is 6.42 Å². The molecule has 8 heteroatoms. The second-order valence-corrected chi connectivity index (χ2v) is 7.17. The highest BCUT2D eigenvalue weighted by atomic mass is 32.1. The van der Waals surface area contributed by atoms with Crippen molar-refractivity contribution in [1.82, 2.24) is 10.3 Å². The predicted octanol–water partition coefficient (Wildman–Crippen LogP) is 2.70. The monoisotopic (exact) mass is 394 g/mol. The Balaban J connectivity index is 1.34. The van der Waals surface area contributed by atoms with Crippen molar-refractivity contribution in [2.75, 3.05) is 24.2 Å². The number of nitrogens with one attached hydrogen (secondary N) is 2. The van der Waals surface area contributed by atoms with Gasteiger partial charge in [0.05, 0.1) is 18.8 Å². The fraction of sp³-hybridized carbons (Fsp3) is 0.150. The molecule has 0 aliphatic carbocycles. The van der Waals surface area contributed by atoms with Gasteiger partial charge in [-0.3, -0.25) is 9.59 Å². The van der Waals surface area contributed by atoms with Crippen molar-refractivity contribution in [3.05, 3.63) is 59.0 Å². The minimum Gasteiger partial charge on any atom is -0.493 e. The number of rotatable bonds is 5. The van der Waals surface area contributed by atoms with Crippen LogP contribution in [0.15, 0.2) is 47.8 Å². The van der Waals surface area contributed by atoms with E-state index in [9.17, 15) is 9.59 Å². The number of nitrogen functional groups attached to an aromatic ring is 1. The molecule has 4 N–H and O–H groups in total. The van der Waals surface area contributed by atoms with Crippen molar-refractivity contribution in [2.24, 2.45) is 0 Å². The van der Waals surface area contributed by atoms with Gasteiger partial charge in [0.15, 0.2) is 5.13 Å². The normalized spacial score (nSPS) is 12.1. The van der Waals surface area contributed by atoms with Gasteiger partial charge in [0.2, 0.25) is 5.91 Å². The first-order chi connectivity index (χ1) is 13.6. The molecule has 2 aromatic carbocycles. The van der Waals surface area contributed by atoms with Crippen LogP contribution in [0.3, 0.4) is 0 Å². The lowest BCUT2D eigenvalue weighted by molar-refractivity contribution is -0.115. The van der Waals surface area contributed by atoms with Gasteiger partial charge in [0.25, 0.3) is 5.91 Å². The smallest absolute Gasteiger partial charge is 0.251 e. The minimum absolute atomic E-state index is 0.148. The number of fused-ring (bicyclic) bond motifs is 1. The van der Waals surface area contributed by atoms with E-state index in [0.29, 0.717) is 23.0 Å². The lowest BCUT2D eigenvalue weighted by Crippen LogP contribution is -2.32. The summed E-state index contributed by atoms with van der Waals surface area (Å²) >= 11 is 1.33. The van der Waals surface area contributed by atoms with Crippen LogP contribution >= 0.6 is 11.3 Å². The number of aromatic nitrogens is 1. The Bertz CT molecular complexity index is 1030. The van der Waals surface area contributed by atoms with Gasteiger partial charge < -0.3 is 21.1 Å². The van der Waals surface area contributed by atoms with E-state index < -0.39 is 0 Å². The van der Waals surface area contributed by atoms with Crippen LogP contribution < -0.4 is 21.1 Å². The van der Waals surface area contributed by atoms with Crippen LogP contribution in [-0.4, -0.2) is 29.9 Å². The molecular formula is C20H18N4O3S. The van der Waals surface area contributed by atoms with E-state index >= 15 is 0 Å². The zero-order chi connectivity index (χ0) is 19.5. The fourth-order valence-corrected chi connectivity index (χ4v) is 3.59. The van der Waals surface area contributed by atoms with E-state index in [0.717, 1.165) is 23.4 Å². The van der Waals surface area contributed by atoms with Gasteiger partial charge in [-0.2, -0.15) is 0 Å². The highest BCUT2D eigenvalue weighted by Gasteiger charge is 2.15. The zero-order valence-electron chi connectivity index (χ0n) is 14.9. The van der Waals surface area contributed by atoms with E-state index in [1.165, 1.54) is 16.9 Å². The zero-order valence-corrected chi connectivity index (χ0v) is 15.7. The molecule has 142 valence electrons. The number of hydrogen-bond acceptors (Lipinski definition) is 6. The Morgan fingerprint density at radius 2 is 2.00 bits per heavy atom. The van der Waals surface area contributed by atoms with E-state index in [4.69, 9.17) is 10.5 Å². The first-order valence-electron chi connectivity index (χ1n) is 8.74. The molecule has 2 heterocycles. The molecule has 0 fully saturated rings. The molecule has 0 unspecified atom stereocenters. The minimum atomic E-state index is -0.345.